The molecule has 2 heteroatoms. The maximum Gasteiger partial charge on any atom is 0.150 e. The SMILES string of the molecule is CC1C=C2Oc3ccccc3N(C)CC2=CC1. The highest BCUT2D eigenvalue weighted by atomic mass is 16.5. The van der Waals surface area contributed by atoms with Crippen LogP contribution in [0.15, 0.2) is 47.7 Å². The predicted octanol–water partition coefficient (Wildman–Crippen LogP) is 3.37. The molecule has 1 atom stereocenters. The average molecular weight is 227 g/mol. The van der Waals surface area contributed by atoms with Gasteiger partial charge in [-0.2, -0.15) is 0 Å². The van der Waals surface area contributed by atoms with Gasteiger partial charge in [0.05, 0.1) is 5.69 Å². The molecular weight excluding hydrogens is 210 g/mol. The second kappa shape index (κ2) is 3.95. The fraction of sp³-hybridized carbons (Fsp3) is 0.333. The van der Waals surface area contributed by atoms with Crippen molar-refractivity contribution in [2.45, 2.75) is 13.3 Å². The van der Waals surface area contributed by atoms with Gasteiger partial charge in [-0.1, -0.05) is 25.1 Å². The fourth-order valence-corrected chi connectivity index (χ4v) is 2.42. The van der Waals surface area contributed by atoms with Crippen LogP contribution < -0.4 is 9.64 Å². The second-order valence-electron chi connectivity index (χ2n) is 4.90. The Labute approximate surface area is 102 Å². The van der Waals surface area contributed by atoms with E-state index in [0.29, 0.717) is 5.92 Å². The molecule has 3 rings (SSSR count). The molecule has 1 heterocycles. The van der Waals surface area contributed by atoms with E-state index in [2.05, 4.69) is 43.2 Å². The molecule has 17 heavy (non-hydrogen) atoms. The molecule has 0 amide bonds. The maximum atomic E-state index is 6.05. The minimum atomic E-state index is 0.573. The highest BCUT2D eigenvalue weighted by molar-refractivity contribution is 5.62. The molecule has 88 valence electrons. The molecule has 2 aliphatic rings. The summed E-state index contributed by atoms with van der Waals surface area (Å²) in [4.78, 5) is 2.25. The van der Waals surface area contributed by atoms with Crippen LogP contribution in [-0.4, -0.2) is 13.6 Å². The normalized spacial score (nSPS) is 22.7. The number of benzene rings is 1. The number of allylic oxidation sites excluding steroid dienone is 2. The average Bonchev–Trinajstić information content (AvgIpc) is 2.46. The third-order valence-electron chi connectivity index (χ3n) is 3.39. The Balaban J connectivity index is 2.06. The largest absolute Gasteiger partial charge is 0.455 e. The minimum Gasteiger partial charge on any atom is -0.455 e. The molecule has 0 aromatic heterocycles. The summed E-state index contributed by atoms with van der Waals surface area (Å²) in [6, 6.07) is 8.22. The van der Waals surface area contributed by atoms with E-state index in [1.807, 2.05) is 12.1 Å². The molecule has 2 nitrogen and oxygen atoms in total. The highest BCUT2D eigenvalue weighted by Gasteiger charge is 2.22. The van der Waals surface area contributed by atoms with Crippen LogP contribution in [0.1, 0.15) is 13.3 Å². The quantitative estimate of drug-likeness (QED) is 0.673. The topological polar surface area (TPSA) is 12.5 Å². The summed E-state index contributed by atoms with van der Waals surface area (Å²) in [6.07, 6.45) is 5.67. The van der Waals surface area contributed by atoms with Gasteiger partial charge in [0.25, 0.3) is 0 Å². The first-order valence-corrected chi connectivity index (χ1v) is 6.13. The van der Waals surface area contributed by atoms with Crippen molar-refractivity contribution in [1.29, 1.82) is 0 Å². The monoisotopic (exact) mass is 227 g/mol. The molecule has 0 radical (unpaired) electrons. The van der Waals surface area contributed by atoms with E-state index < -0.39 is 0 Å². The van der Waals surface area contributed by atoms with Gasteiger partial charge in [0.15, 0.2) is 5.75 Å². The third kappa shape index (κ3) is 1.84. The van der Waals surface area contributed by atoms with E-state index in [4.69, 9.17) is 4.74 Å². The van der Waals surface area contributed by atoms with Crippen molar-refractivity contribution in [3.05, 3.63) is 47.7 Å². The van der Waals surface area contributed by atoms with E-state index in [9.17, 15) is 0 Å². The number of para-hydroxylation sites is 2. The smallest absolute Gasteiger partial charge is 0.150 e. The zero-order valence-corrected chi connectivity index (χ0v) is 10.3. The van der Waals surface area contributed by atoms with Crippen molar-refractivity contribution in [3.8, 4) is 5.75 Å². The van der Waals surface area contributed by atoms with E-state index in [1.54, 1.807) is 0 Å². The number of hydrogen-bond acceptors (Lipinski definition) is 2. The molecule has 1 aliphatic carbocycles. The highest BCUT2D eigenvalue weighted by Crippen LogP contribution is 2.36. The first-order valence-electron chi connectivity index (χ1n) is 6.13. The van der Waals surface area contributed by atoms with Crippen LogP contribution in [0.5, 0.6) is 5.75 Å². The molecule has 0 bridgehead atoms. The number of likely N-dealkylation sites (N-methyl/N-ethyl adjacent to an activating group) is 1. The summed E-state index contributed by atoms with van der Waals surface area (Å²) in [6.45, 7) is 3.15. The number of rotatable bonds is 0. The molecule has 0 saturated carbocycles. The molecule has 1 aliphatic heterocycles. The Morgan fingerprint density at radius 2 is 2.12 bits per heavy atom. The maximum absolute atomic E-state index is 6.05. The van der Waals surface area contributed by atoms with Crippen LogP contribution in [0, 0.1) is 5.92 Å². The number of anilines is 1. The van der Waals surface area contributed by atoms with Crippen molar-refractivity contribution in [2.75, 3.05) is 18.5 Å². The molecular formula is C15H17NO. The summed E-state index contributed by atoms with van der Waals surface area (Å²) < 4.78 is 6.05. The number of nitrogens with zero attached hydrogens (tertiary/aromatic N) is 1. The van der Waals surface area contributed by atoms with Gasteiger partial charge in [0, 0.05) is 19.2 Å². The predicted molar refractivity (Wildman–Crippen MR) is 70.3 cm³/mol. The molecule has 0 spiro atoms. The zero-order chi connectivity index (χ0) is 11.8. The first-order chi connectivity index (χ1) is 8.24. The van der Waals surface area contributed by atoms with Crippen LogP contribution in [0.2, 0.25) is 0 Å². The Hall–Kier alpha value is -1.70. The Morgan fingerprint density at radius 3 is 3.00 bits per heavy atom. The van der Waals surface area contributed by atoms with E-state index in [-0.39, 0.29) is 0 Å². The van der Waals surface area contributed by atoms with Crippen molar-refractivity contribution in [1.82, 2.24) is 0 Å². The van der Waals surface area contributed by atoms with Crippen LogP contribution in [-0.2, 0) is 0 Å². The number of ether oxygens (including phenoxy) is 1. The molecule has 1 aromatic carbocycles. The van der Waals surface area contributed by atoms with Crippen molar-refractivity contribution in [3.63, 3.8) is 0 Å². The minimum absolute atomic E-state index is 0.573. The van der Waals surface area contributed by atoms with Gasteiger partial charge < -0.3 is 9.64 Å². The first kappa shape index (κ1) is 10.5. The van der Waals surface area contributed by atoms with E-state index in [1.165, 1.54) is 5.57 Å². The summed E-state index contributed by atoms with van der Waals surface area (Å²) in [5.41, 5.74) is 2.47. The second-order valence-corrected chi connectivity index (χ2v) is 4.90. The number of hydrogen-bond donors (Lipinski definition) is 0. The lowest BCUT2D eigenvalue weighted by atomic mass is 9.97. The van der Waals surface area contributed by atoms with Gasteiger partial charge >= 0.3 is 0 Å². The molecule has 1 unspecified atom stereocenters. The lowest BCUT2D eigenvalue weighted by Crippen LogP contribution is -2.20. The lowest BCUT2D eigenvalue weighted by Gasteiger charge is -2.19. The van der Waals surface area contributed by atoms with Crippen LogP contribution >= 0.6 is 0 Å². The number of fused-ring (bicyclic) bond motifs is 2. The van der Waals surface area contributed by atoms with E-state index >= 15 is 0 Å². The molecule has 0 fully saturated rings. The van der Waals surface area contributed by atoms with Gasteiger partial charge in [0.1, 0.15) is 5.76 Å². The van der Waals surface area contributed by atoms with Gasteiger partial charge in [-0.25, -0.2) is 0 Å². The summed E-state index contributed by atoms with van der Waals surface area (Å²) >= 11 is 0. The van der Waals surface area contributed by atoms with Gasteiger partial charge in [-0.3, -0.25) is 0 Å². The molecule has 1 aromatic rings. The van der Waals surface area contributed by atoms with E-state index in [0.717, 1.165) is 30.2 Å². The molecule has 0 N–H and O–H groups in total. The molecule has 0 saturated heterocycles. The zero-order valence-electron chi connectivity index (χ0n) is 10.3. The summed E-state index contributed by atoms with van der Waals surface area (Å²) in [7, 11) is 2.12. The third-order valence-corrected chi connectivity index (χ3v) is 3.39. The standard InChI is InChI=1S/C15H17NO/c1-11-7-8-12-10-16(2)13-5-3-4-6-14(13)17-15(12)9-11/h3-6,8-9,11H,7,10H2,1-2H3. The van der Waals surface area contributed by atoms with Crippen LogP contribution in [0.3, 0.4) is 0 Å². The van der Waals surface area contributed by atoms with Crippen LogP contribution in [0.4, 0.5) is 5.69 Å². The van der Waals surface area contributed by atoms with Gasteiger partial charge in [-0.15, -0.1) is 0 Å². The Kier molecular flexibility index (Phi) is 2.43. The lowest BCUT2D eigenvalue weighted by molar-refractivity contribution is 0.428. The summed E-state index contributed by atoms with van der Waals surface area (Å²) in [5.74, 6) is 2.57. The fourth-order valence-electron chi connectivity index (χ4n) is 2.42. The Bertz CT molecular complexity index is 501. The summed E-state index contributed by atoms with van der Waals surface area (Å²) in [5, 5.41) is 0. The van der Waals surface area contributed by atoms with Gasteiger partial charge in [0.2, 0.25) is 0 Å². The van der Waals surface area contributed by atoms with Crippen molar-refractivity contribution < 1.29 is 4.74 Å². The van der Waals surface area contributed by atoms with Crippen molar-refractivity contribution >= 4 is 5.69 Å². The van der Waals surface area contributed by atoms with Crippen LogP contribution in [0.25, 0.3) is 0 Å². The van der Waals surface area contributed by atoms with Crippen molar-refractivity contribution in [2.24, 2.45) is 5.92 Å². The Morgan fingerprint density at radius 1 is 1.29 bits per heavy atom. The van der Waals surface area contributed by atoms with Gasteiger partial charge in [-0.05, 0) is 30.5 Å².